The molecule has 7 aromatic carbocycles. The first kappa shape index (κ1) is 25.1. The van der Waals surface area contributed by atoms with Gasteiger partial charge < -0.3 is 4.57 Å². The van der Waals surface area contributed by atoms with Gasteiger partial charge in [0.05, 0.1) is 11.0 Å². The molecule has 2 heterocycles. The molecule has 0 saturated heterocycles. The van der Waals surface area contributed by atoms with Crippen LogP contribution in [0.15, 0.2) is 164 Å². The van der Waals surface area contributed by atoms with Crippen LogP contribution in [0.5, 0.6) is 0 Å². The lowest BCUT2D eigenvalue weighted by molar-refractivity contribution is 1.18. The topological polar surface area (TPSA) is 4.93 Å². The summed E-state index contributed by atoms with van der Waals surface area (Å²) in [5.74, 6) is 0. The Kier molecular flexibility index (Phi) is 5.75. The highest BCUT2D eigenvalue weighted by atomic mass is 32.1. The second-order valence-electron chi connectivity index (χ2n) is 11.4. The molecule has 0 unspecified atom stereocenters. The predicted octanol–water partition coefficient (Wildman–Crippen LogP) is 12.2. The molecule has 0 atom stereocenters. The van der Waals surface area contributed by atoms with Crippen LogP contribution >= 0.6 is 11.3 Å². The minimum Gasteiger partial charge on any atom is -0.309 e. The average Bonchev–Trinajstić information content (AvgIpc) is 3.63. The highest BCUT2D eigenvalue weighted by Gasteiger charge is 2.15. The highest BCUT2D eigenvalue weighted by Crippen LogP contribution is 2.40. The van der Waals surface area contributed by atoms with Crippen molar-refractivity contribution in [3.63, 3.8) is 0 Å². The van der Waals surface area contributed by atoms with Gasteiger partial charge >= 0.3 is 0 Å². The number of hydrogen-bond acceptors (Lipinski definition) is 1. The van der Waals surface area contributed by atoms with Gasteiger partial charge in [-0.05, 0) is 88.0 Å². The largest absolute Gasteiger partial charge is 0.309 e. The number of para-hydroxylation sites is 1. The fourth-order valence-corrected chi connectivity index (χ4v) is 7.72. The molecule has 2 heteroatoms. The standard InChI is InChI=1S/C42H27NS/c1-3-10-28(11-4-1)30-14-9-15-34(24-30)43-39-17-8-7-16-35(39)36-25-32(18-21-40(36)43)33-20-23-42-38(27-33)37-26-31(19-22-41(37)44-42)29-12-5-2-6-13-29/h1-27H. The second-order valence-corrected chi connectivity index (χ2v) is 12.5. The number of aromatic nitrogens is 1. The van der Waals surface area contributed by atoms with Crippen LogP contribution in [0.4, 0.5) is 0 Å². The van der Waals surface area contributed by atoms with Crippen LogP contribution in [0, 0.1) is 0 Å². The van der Waals surface area contributed by atoms with Gasteiger partial charge in [0.1, 0.15) is 0 Å². The Morgan fingerprint density at radius 2 is 0.818 bits per heavy atom. The maximum absolute atomic E-state index is 2.40. The molecule has 0 bridgehead atoms. The van der Waals surface area contributed by atoms with Gasteiger partial charge in [0.15, 0.2) is 0 Å². The van der Waals surface area contributed by atoms with Gasteiger partial charge in [0, 0.05) is 36.6 Å². The summed E-state index contributed by atoms with van der Waals surface area (Å²) in [6.07, 6.45) is 0. The summed E-state index contributed by atoms with van der Waals surface area (Å²) in [4.78, 5) is 0. The van der Waals surface area contributed by atoms with E-state index in [1.54, 1.807) is 0 Å². The van der Waals surface area contributed by atoms with Crippen molar-refractivity contribution in [2.45, 2.75) is 0 Å². The average molecular weight is 578 g/mol. The van der Waals surface area contributed by atoms with E-state index in [9.17, 15) is 0 Å². The van der Waals surface area contributed by atoms with Crippen molar-refractivity contribution < 1.29 is 0 Å². The number of benzene rings is 7. The zero-order valence-electron chi connectivity index (χ0n) is 23.9. The maximum atomic E-state index is 2.40. The lowest BCUT2D eigenvalue weighted by atomic mass is 9.99. The summed E-state index contributed by atoms with van der Waals surface area (Å²) in [5, 5.41) is 5.18. The molecule has 0 saturated carbocycles. The van der Waals surface area contributed by atoms with Crippen molar-refractivity contribution in [2.75, 3.05) is 0 Å². The highest BCUT2D eigenvalue weighted by molar-refractivity contribution is 7.25. The quantitative estimate of drug-likeness (QED) is 0.196. The molecule has 2 aromatic heterocycles. The van der Waals surface area contributed by atoms with E-state index in [0.29, 0.717) is 0 Å². The lowest BCUT2D eigenvalue weighted by Gasteiger charge is -2.11. The molecule has 0 fully saturated rings. The van der Waals surface area contributed by atoms with Crippen LogP contribution in [0.2, 0.25) is 0 Å². The normalized spacial score (nSPS) is 11.6. The first-order chi connectivity index (χ1) is 21.8. The van der Waals surface area contributed by atoms with E-state index < -0.39 is 0 Å². The maximum Gasteiger partial charge on any atom is 0.0541 e. The molecule has 0 N–H and O–H groups in total. The minimum absolute atomic E-state index is 1.17. The van der Waals surface area contributed by atoms with Crippen LogP contribution < -0.4 is 0 Å². The van der Waals surface area contributed by atoms with Crippen LogP contribution in [-0.2, 0) is 0 Å². The number of fused-ring (bicyclic) bond motifs is 6. The summed E-state index contributed by atoms with van der Waals surface area (Å²) in [7, 11) is 0. The molecular weight excluding hydrogens is 551 g/mol. The Balaban J connectivity index is 1.20. The summed E-state index contributed by atoms with van der Waals surface area (Å²) in [5.41, 5.74) is 11.0. The minimum atomic E-state index is 1.17. The molecule has 0 spiro atoms. The van der Waals surface area contributed by atoms with Gasteiger partial charge in [-0.15, -0.1) is 11.3 Å². The van der Waals surface area contributed by atoms with E-state index in [1.807, 2.05) is 11.3 Å². The Labute approximate surface area is 259 Å². The van der Waals surface area contributed by atoms with E-state index in [4.69, 9.17) is 0 Å². The number of thiophene rings is 1. The van der Waals surface area contributed by atoms with Crippen LogP contribution in [0.3, 0.4) is 0 Å². The van der Waals surface area contributed by atoms with E-state index in [2.05, 4.69) is 168 Å². The zero-order chi connectivity index (χ0) is 29.0. The number of rotatable bonds is 4. The van der Waals surface area contributed by atoms with E-state index >= 15 is 0 Å². The molecule has 9 aromatic rings. The molecular formula is C42H27NS. The van der Waals surface area contributed by atoms with Gasteiger partial charge in [-0.2, -0.15) is 0 Å². The van der Waals surface area contributed by atoms with Crippen LogP contribution in [-0.4, -0.2) is 4.57 Å². The fourth-order valence-electron chi connectivity index (χ4n) is 6.65. The molecule has 0 aliphatic rings. The van der Waals surface area contributed by atoms with Crippen molar-refractivity contribution in [1.29, 1.82) is 0 Å². The summed E-state index contributed by atoms with van der Waals surface area (Å²) >= 11 is 1.87. The number of hydrogen-bond donors (Lipinski definition) is 0. The molecule has 44 heavy (non-hydrogen) atoms. The molecule has 206 valence electrons. The SMILES string of the molecule is c1ccc(-c2cccc(-n3c4ccccc4c4cc(-c5ccc6sc7ccc(-c8ccccc8)cc7c6c5)ccc43)c2)cc1. The number of nitrogens with zero attached hydrogens (tertiary/aromatic N) is 1. The molecule has 0 aliphatic carbocycles. The van der Waals surface area contributed by atoms with Gasteiger partial charge in [-0.1, -0.05) is 109 Å². The third-order valence-corrected chi connectivity index (χ3v) is 9.95. The van der Waals surface area contributed by atoms with Crippen LogP contribution in [0.25, 0.3) is 81.0 Å². The molecule has 0 aliphatic heterocycles. The monoisotopic (exact) mass is 577 g/mol. The fraction of sp³-hybridized carbons (Fsp3) is 0. The Morgan fingerprint density at radius 1 is 0.318 bits per heavy atom. The summed E-state index contributed by atoms with van der Waals surface area (Å²) in [6.45, 7) is 0. The predicted molar refractivity (Wildman–Crippen MR) is 190 cm³/mol. The van der Waals surface area contributed by atoms with Gasteiger partial charge in [0.2, 0.25) is 0 Å². The van der Waals surface area contributed by atoms with E-state index in [1.165, 1.54) is 81.0 Å². The summed E-state index contributed by atoms with van der Waals surface area (Å²) < 4.78 is 5.06. The molecule has 0 amide bonds. The third-order valence-electron chi connectivity index (χ3n) is 8.79. The Bertz CT molecular complexity index is 2480. The second kappa shape index (κ2) is 10.1. The van der Waals surface area contributed by atoms with E-state index in [-0.39, 0.29) is 0 Å². The molecule has 0 radical (unpaired) electrons. The van der Waals surface area contributed by atoms with Crippen molar-refractivity contribution in [3.8, 4) is 39.1 Å². The van der Waals surface area contributed by atoms with Crippen molar-refractivity contribution in [3.05, 3.63) is 164 Å². The van der Waals surface area contributed by atoms with Crippen molar-refractivity contribution >= 4 is 53.3 Å². The lowest BCUT2D eigenvalue weighted by Crippen LogP contribution is -1.94. The third kappa shape index (κ3) is 4.07. The van der Waals surface area contributed by atoms with E-state index in [0.717, 1.165) is 0 Å². The molecule has 1 nitrogen and oxygen atoms in total. The van der Waals surface area contributed by atoms with Crippen molar-refractivity contribution in [2.24, 2.45) is 0 Å². The first-order valence-corrected chi connectivity index (χ1v) is 15.8. The molecule has 9 rings (SSSR count). The van der Waals surface area contributed by atoms with Gasteiger partial charge in [0.25, 0.3) is 0 Å². The van der Waals surface area contributed by atoms with Gasteiger partial charge in [-0.25, -0.2) is 0 Å². The Hall–Kier alpha value is -5.44. The summed E-state index contributed by atoms with van der Waals surface area (Å²) in [6, 6.07) is 59.7. The Morgan fingerprint density at radius 3 is 1.50 bits per heavy atom. The smallest absolute Gasteiger partial charge is 0.0541 e. The van der Waals surface area contributed by atoms with Crippen LogP contribution in [0.1, 0.15) is 0 Å². The first-order valence-electron chi connectivity index (χ1n) is 15.0. The zero-order valence-corrected chi connectivity index (χ0v) is 24.8. The van der Waals surface area contributed by atoms with Crippen molar-refractivity contribution in [1.82, 2.24) is 4.57 Å². The van der Waals surface area contributed by atoms with Gasteiger partial charge in [-0.3, -0.25) is 0 Å².